The standard InChI is InChI=1S/C14H12BrN3O3S/c1-21-14-7-11(4-5-12(14)15)22(19,20)18-10-3-2-9-8-16-17-13(9)6-10/h2-8,18H,1H3,(H,16,17). The van der Waals surface area contributed by atoms with Gasteiger partial charge in [0.15, 0.2) is 0 Å². The number of halogens is 1. The fourth-order valence-corrected chi connectivity index (χ4v) is 3.49. The normalized spacial score (nSPS) is 11.5. The summed E-state index contributed by atoms with van der Waals surface area (Å²) in [6.07, 6.45) is 1.67. The average Bonchev–Trinajstić information content (AvgIpc) is 2.94. The Hall–Kier alpha value is -2.06. The highest BCUT2D eigenvalue weighted by atomic mass is 79.9. The molecule has 3 rings (SSSR count). The Balaban J connectivity index is 1.95. The lowest BCUT2D eigenvalue weighted by Crippen LogP contribution is -2.13. The number of hydrogen-bond acceptors (Lipinski definition) is 4. The van der Waals surface area contributed by atoms with E-state index < -0.39 is 10.0 Å². The Morgan fingerprint density at radius 3 is 2.82 bits per heavy atom. The molecule has 8 heteroatoms. The van der Waals surface area contributed by atoms with Crippen LogP contribution in [0, 0.1) is 0 Å². The number of hydrogen-bond donors (Lipinski definition) is 2. The minimum absolute atomic E-state index is 0.122. The number of H-pyrrole nitrogens is 1. The van der Waals surface area contributed by atoms with Crippen molar-refractivity contribution in [3.8, 4) is 5.75 Å². The summed E-state index contributed by atoms with van der Waals surface area (Å²) < 4.78 is 33.2. The maximum Gasteiger partial charge on any atom is 0.262 e. The molecule has 6 nitrogen and oxygen atoms in total. The van der Waals surface area contributed by atoms with E-state index in [1.165, 1.54) is 19.2 Å². The van der Waals surface area contributed by atoms with Crippen molar-refractivity contribution in [1.82, 2.24) is 10.2 Å². The van der Waals surface area contributed by atoms with E-state index in [9.17, 15) is 8.42 Å². The highest BCUT2D eigenvalue weighted by Crippen LogP contribution is 2.28. The fraction of sp³-hybridized carbons (Fsp3) is 0.0714. The number of anilines is 1. The molecule has 0 unspecified atom stereocenters. The third-order valence-electron chi connectivity index (χ3n) is 3.13. The van der Waals surface area contributed by atoms with E-state index in [-0.39, 0.29) is 4.90 Å². The molecule has 2 aromatic carbocycles. The predicted molar refractivity (Wildman–Crippen MR) is 87.6 cm³/mol. The second-order valence-electron chi connectivity index (χ2n) is 4.57. The molecular weight excluding hydrogens is 370 g/mol. The smallest absolute Gasteiger partial charge is 0.262 e. The molecule has 1 heterocycles. The molecule has 22 heavy (non-hydrogen) atoms. The lowest BCUT2D eigenvalue weighted by atomic mass is 10.2. The molecule has 3 aromatic rings. The molecule has 0 aliphatic heterocycles. The summed E-state index contributed by atoms with van der Waals surface area (Å²) >= 11 is 3.30. The van der Waals surface area contributed by atoms with Gasteiger partial charge in [0, 0.05) is 11.5 Å². The molecule has 0 saturated carbocycles. The Morgan fingerprint density at radius 1 is 1.23 bits per heavy atom. The van der Waals surface area contributed by atoms with Gasteiger partial charge in [-0.15, -0.1) is 0 Å². The first kappa shape index (κ1) is 14.9. The van der Waals surface area contributed by atoms with Gasteiger partial charge in [-0.05, 0) is 46.3 Å². The van der Waals surface area contributed by atoms with Gasteiger partial charge in [0.05, 0.1) is 33.9 Å². The first-order valence-corrected chi connectivity index (χ1v) is 8.57. The molecule has 0 bridgehead atoms. The van der Waals surface area contributed by atoms with Crippen LogP contribution in [-0.4, -0.2) is 25.7 Å². The zero-order valence-electron chi connectivity index (χ0n) is 11.5. The van der Waals surface area contributed by atoms with Crippen molar-refractivity contribution in [2.45, 2.75) is 4.90 Å². The monoisotopic (exact) mass is 381 g/mol. The third-order valence-corrected chi connectivity index (χ3v) is 5.16. The molecule has 0 radical (unpaired) electrons. The number of fused-ring (bicyclic) bond motifs is 1. The Kier molecular flexibility index (Phi) is 3.79. The highest BCUT2D eigenvalue weighted by molar-refractivity contribution is 9.10. The van der Waals surface area contributed by atoms with Crippen molar-refractivity contribution in [2.75, 3.05) is 11.8 Å². The highest BCUT2D eigenvalue weighted by Gasteiger charge is 2.16. The second kappa shape index (κ2) is 5.62. The number of ether oxygens (including phenoxy) is 1. The van der Waals surface area contributed by atoms with Gasteiger partial charge >= 0.3 is 0 Å². The first-order valence-electron chi connectivity index (χ1n) is 6.29. The number of rotatable bonds is 4. The number of benzene rings is 2. The molecule has 0 fully saturated rings. The zero-order chi connectivity index (χ0) is 15.7. The summed E-state index contributed by atoms with van der Waals surface area (Å²) in [6.45, 7) is 0. The lowest BCUT2D eigenvalue weighted by molar-refractivity contribution is 0.411. The summed E-state index contributed by atoms with van der Waals surface area (Å²) in [7, 11) is -2.22. The van der Waals surface area contributed by atoms with Gasteiger partial charge in [-0.25, -0.2) is 8.42 Å². The summed E-state index contributed by atoms with van der Waals surface area (Å²) in [5, 5.41) is 7.62. The van der Waals surface area contributed by atoms with E-state index in [2.05, 4.69) is 30.8 Å². The Bertz CT molecular complexity index is 937. The van der Waals surface area contributed by atoms with E-state index in [1.54, 1.807) is 30.5 Å². The van der Waals surface area contributed by atoms with Crippen molar-refractivity contribution < 1.29 is 13.2 Å². The zero-order valence-corrected chi connectivity index (χ0v) is 13.9. The van der Waals surface area contributed by atoms with E-state index in [1.807, 2.05) is 0 Å². The van der Waals surface area contributed by atoms with Crippen LogP contribution < -0.4 is 9.46 Å². The number of nitrogens with one attached hydrogen (secondary N) is 2. The van der Waals surface area contributed by atoms with Gasteiger partial charge in [-0.1, -0.05) is 0 Å². The van der Waals surface area contributed by atoms with Crippen molar-refractivity contribution in [2.24, 2.45) is 0 Å². The van der Waals surface area contributed by atoms with E-state index in [0.29, 0.717) is 15.9 Å². The van der Waals surface area contributed by atoms with Gasteiger partial charge in [-0.3, -0.25) is 9.82 Å². The molecule has 0 atom stereocenters. The molecule has 0 aliphatic carbocycles. The van der Waals surface area contributed by atoms with Gasteiger partial charge in [-0.2, -0.15) is 5.10 Å². The van der Waals surface area contributed by atoms with Gasteiger partial charge in [0.1, 0.15) is 5.75 Å². The number of sulfonamides is 1. The molecule has 1 aromatic heterocycles. The van der Waals surface area contributed by atoms with E-state index in [0.717, 1.165) is 10.9 Å². The van der Waals surface area contributed by atoms with Crippen LogP contribution in [0.4, 0.5) is 5.69 Å². The van der Waals surface area contributed by atoms with Crippen LogP contribution in [0.2, 0.25) is 0 Å². The largest absolute Gasteiger partial charge is 0.496 e. The number of methoxy groups -OCH3 is 1. The quantitative estimate of drug-likeness (QED) is 0.726. The van der Waals surface area contributed by atoms with Crippen molar-refractivity contribution in [3.05, 3.63) is 47.1 Å². The van der Waals surface area contributed by atoms with E-state index in [4.69, 9.17) is 4.74 Å². The van der Waals surface area contributed by atoms with Crippen molar-refractivity contribution in [1.29, 1.82) is 0 Å². The van der Waals surface area contributed by atoms with Crippen LogP contribution in [0.3, 0.4) is 0 Å². The second-order valence-corrected chi connectivity index (χ2v) is 7.11. The van der Waals surface area contributed by atoms with Crippen molar-refractivity contribution in [3.63, 3.8) is 0 Å². The van der Waals surface area contributed by atoms with Gasteiger partial charge in [0.2, 0.25) is 0 Å². The molecule has 0 aliphatic rings. The summed E-state index contributed by atoms with van der Waals surface area (Å²) in [5.74, 6) is 0.451. The van der Waals surface area contributed by atoms with Gasteiger partial charge in [0.25, 0.3) is 10.0 Å². The van der Waals surface area contributed by atoms with E-state index >= 15 is 0 Å². The molecule has 114 valence electrons. The van der Waals surface area contributed by atoms with Crippen LogP contribution in [0.25, 0.3) is 10.9 Å². The number of nitrogens with zero attached hydrogens (tertiary/aromatic N) is 1. The Labute approximate surface area is 135 Å². The minimum Gasteiger partial charge on any atom is -0.496 e. The fourth-order valence-electron chi connectivity index (χ4n) is 2.02. The topological polar surface area (TPSA) is 84.1 Å². The summed E-state index contributed by atoms with van der Waals surface area (Å²) in [5.41, 5.74) is 1.22. The lowest BCUT2D eigenvalue weighted by Gasteiger charge is -2.10. The SMILES string of the molecule is COc1cc(S(=O)(=O)Nc2ccc3cn[nH]c3c2)ccc1Br. The van der Waals surface area contributed by atoms with Crippen LogP contribution in [-0.2, 0) is 10.0 Å². The maximum atomic E-state index is 12.4. The molecule has 0 saturated heterocycles. The van der Waals surface area contributed by atoms with Crippen molar-refractivity contribution >= 4 is 42.5 Å². The Morgan fingerprint density at radius 2 is 2.05 bits per heavy atom. The predicted octanol–water partition coefficient (Wildman–Crippen LogP) is 3.13. The molecule has 2 N–H and O–H groups in total. The summed E-state index contributed by atoms with van der Waals surface area (Å²) in [6, 6.07) is 9.76. The summed E-state index contributed by atoms with van der Waals surface area (Å²) in [4.78, 5) is 0.122. The first-order chi connectivity index (χ1) is 10.5. The minimum atomic E-state index is -3.70. The van der Waals surface area contributed by atoms with Crippen LogP contribution in [0.1, 0.15) is 0 Å². The van der Waals surface area contributed by atoms with Gasteiger partial charge < -0.3 is 4.74 Å². The molecular formula is C14H12BrN3O3S. The molecule has 0 spiro atoms. The number of aromatic nitrogens is 2. The number of aromatic amines is 1. The molecule has 0 amide bonds. The van der Waals surface area contributed by atoms with Crippen LogP contribution in [0.5, 0.6) is 5.75 Å². The third kappa shape index (κ3) is 2.79. The average molecular weight is 382 g/mol. The maximum absolute atomic E-state index is 12.4. The van der Waals surface area contributed by atoms with Crippen LogP contribution >= 0.6 is 15.9 Å². The van der Waals surface area contributed by atoms with Crippen LogP contribution in [0.15, 0.2) is 52.0 Å².